The zero-order valence-electron chi connectivity index (χ0n) is 14.8. The van der Waals surface area contributed by atoms with Gasteiger partial charge in [0.15, 0.2) is 0 Å². The van der Waals surface area contributed by atoms with Crippen molar-refractivity contribution in [2.75, 3.05) is 32.2 Å². The quantitative estimate of drug-likeness (QED) is 0.697. The maximum atomic E-state index is 12.3. The van der Waals surface area contributed by atoms with Gasteiger partial charge in [0.1, 0.15) is 5.75 Å². The van der Waals surface area contributed by atoms with E-state index in [1.54, 1.807) is 7.11 Å². The number of aryl methyl sites for hydroxylation is 1. The highest BCUT2D eigenvalue weighted by Crippen LogP contribution is 2.28. The van der Waals surface area contributed by atoms with E-state index in [9.17, 15) is 9.59 Å². The molecule has 1 N–H and O–H groups in total. The molecule has 1 saturated carbocycles. The SMILES string of the molecule is COCCN(C(=O)CCCOc1ccc2c(c1)CCC(=O)N2)C1CC1. The number of fused-ring (bicyclic) bond motifs is 1. The summed E-state index contributed by atoms with van der Waals surface area (Å²) in [5, 5.41) is 2.86. The molecule has 6 heteroatoms. The molecular weight excluding hydrogens is 320 g/mol. The molecule has 1 aliphatic heterocycles. The molecule has 3 rings (SSSR count). The van der Waals surface area contributed by atoms with Crippen LogP contribution in [-0.4, -0.2) is 49.6 Å². The third-order valence-electron chi connectivity index (χ3n) is 4.62. The molecule has 0 saturated heterocycles. The van der Waals surface area contributed by atoms with Crippen molar-refractivity contribution in [1.29, 1.82) is 0 Å². The second kappa shape index (κ2) is 8.34. The number of methoxy groups -OCH3 is 1. The van der Waals surface area contributed by atoms with Crippen LogP contribution in [0.25, 0.3) is 0 Å². The summed E-state index contributed by atoms with van der Waals surface area (Å²) in [6, 6.07) is 6.14. The zero-order chi connectivity index (χ0) is 17.6. The van der Waals surface area contributed by atoms with Crippen molar-refractivity contribution >= 4 is 17.5 Å². The van der Waals surface area contributed by atoms with E-state index in [2.05, 4.69) is 5.32 Å². The van der Waals surface area contributed by atoms with Gasteiger partial charge in [0.25, 0.3) is 0 Å². The van der Waals surface area contributed by atoms with Crippen LogP contribution >= 0.6 is 0 Å². The molecule has 0 spiro atoms. The van der Waals surface area contributed by atoms with E-state index in [1.807, 2.05) is 23.1 Å². The maximum absolute atomic E-state index is 12.3. The van der Waals surface area contributed by atoms with Crippen LogP contribution in [0.5, 0.6) is 5.75 Å². The topological polar surface area (TPSA) is 67.9 Å². The van der Waals surface area contributed by atoms with Crippen molar-refractivity contribution in [2.45, 2.75) is 44.6 Å². The molecule has 1 aromatic carbocycles. The minimum Gasteiger partial charge on any atom is -0.494 e. The zero-order valence-corrected chi connectivity index (χ0v) is 14.8. The van der Waals surface area contributed by atoms with Gasteiger partial charge < -0.3 is 19.7 Å². The van der Waals surface area contributed by atoms with Crippen molar-refractivity contribution in [3.63, 3.8) is 0 Å². The van der Waals surface area contributed by atoms with Gasteiger partial charge in [-0.25, -0.2) is 0 Å². The molecule has 6 nitrogen and oxygen atoms in total. The largest absolute Gasteiger partial charge is 0.494 e. The molecule has 1 fully saturated rings. The number of anilines is 1. The van der Waals surface area contributed by atoms with E-state index in [4.69, 9.17) is 9.47 Å². The first-order chi connectivity index (χ1) is 12.2. The van der Waals surface area contributed by atoms with Crippen LogP contribution in [0, 0.1) is 0 Å². The second-order valence-electron chi connectivity index (χ2n) is 6.63. The van der Waals surface area contributed by atoms with Crippen LogP contribution in [0.15, 0.2) is 18.2 Å². The molecule has 1 aromatic rings. The molecule has 2 amide bonds. The average Bonchev–Trinajstić information content (AvgIpc) is 3.44. The number of hydrogen-bond acceptors (Lipinski definition) is 4. The molecule has 1 aliphatic carbocycles. The molecule has 136 valence electrons. The third kappa shape index (κ3) is 4.95. The Hall–Kier alpha value is -2.08. The number of amides is 2. The minimum atomic E-state index is 0.0633. The lowest BCUT2D eigenvalue weighted by Crippen LogP contribution is -2.35. The van der Waals surface area contributed by atoms with Gasteiger partial charge in [-0.2, -0.15) is 0 Å². The number of carbonyl (C=O) groups excluding carboxylic acids is 2. The summed E-state index contributed by atoms with van der Waals surface area (Å²) < 4.78 is 10.9. The van der Waals surface area contributed by atoms with Gasteiger partial charge in [0, 0.05) is 38.2 Å². The lowest BCUT2D eigenvalue weighted by molar-refractivity contribution is -0.132. The molecule has 2 aliphatic rings. The predicted octanol–water partition coefficient (Wildman–Crippen LogP) is 2.37. The smallest absolute Gasteiger partial charge is 0.224 e. The summed E-state index contributed by atoms with van der Waals surface area (Å²) in [7, 11) is 1.66. The van der Waals surface area contributed by atoms with Crippen LogP contribution in [0.2, 0.25) is 0 Å². The van der Waals surface area contributed by atoms with E-state index in [0.717, 1.165) is 36.3 Å². The van der Waals surface area contributed by atoms with Crippen LogP contribution in [-0.2, 0) is 20.7 Å². The van der Waals surface area contributed by atoms with Gasteiger partial charge in [-0.15, -0.1) is 0 Å². The van der Waals surface area contributed by atoms with E-state index < -0.39 is 0 Å². The molecule has 0 bridgehead atoms. The summed E-state index contributed by atoms with van der Waals surface area (Å²) in [6.45, 7) is 1.78. The molecule has 0 radical (unpaired) electrons. The number of rotatable bonds is 9. The van der Waals surface area contributed by atoms with Gasteiger partial charge in [-0.3, -0.25) is 9.59 Å². The fourth-order valence-electron chi connectivity index (χ4n) is 3.09. The van der Waals surface area contributed by atoms with Gasteiger partial charge in [-0.05, 0) is 49.4 Å². The van der Waals surface area contributed by atoms with E-state index >= 15 is 0 Å². The fourth-order valence-corrected chi connectivity index (χ4v) is 3.09. The highest BCUT2D eigenvalue weighted by Gasteiger charge is 2.31. The number of ether oxygens (including phenoxy) is 2. The summed E-state index contributed by atoms with van der Waals surface area (Å²) >= 11 is 0. The molecule has 1 heterocycles. The van der Waals surface area contributed by atoms with Crippen molar-refractivity contribution < 1.29 is 19.1 Å². The summed E-state index contributed by atoms with van der Waals surface area (Å²) in [4.78, 5) is 25.7. The Balaban J connectivity index is 1.42. The number of carbonyl (C=O) groups is 2. The first-order valence-electron chi connectivity index (χ1n) is 9.01. The predicted molar refractivity (Wildman–Crippen MR) is 94.7 cm³/mol. The van der Waals surface area contributed by atoms with Crippen LogP contribution in [0.3, 0.4) is 0 Å². The van der Waals surface area contributed by atoms with E-state index in [0.29, 0.717) is 45.1 Å². The lowest BCUT2D eigenvalue weighted by atomic mass is 10.0. The number of nitrogens with one attached hydrogen (secondary N) is 1. The number of nitrogens with zero attached hydrogens (tertiary/aromatic N) is 1. The number of benzene rings is 1. The highest BCUT2D eigenvalue weighted by atomic mass is 16.5. The molecule has 25 heavy (non-hydrogen) atoms. The summed E-state index contributed by atoms with van der Waals surface area (Å²) in [5.74, 6) is 1.05. The van der Waals surface area contributed by atoms with E-state index in [-0.39, 0.29) is 11.8 Å². The summed E-state index contributed by atoms with van der Waals surface area (Å²) in [6.07, 6.45) is 4.68. The summed E-state index contributed by atoms with van der Waals surface area (Å²) in [5.41, 5.74) is 1.98. The van der Waals surface area contributed by atoms with Gasteiger partial charge in [-0.1, -0.05) is 0 Å². The van der Waals surface area contributed by atoms with Gasteiger partial charge in [0.05, 0.1) is 13.2 Å². The molecule has 0 atom stereocenters. The molecule has 0 aromatic heterocycles. The van der Waals surface area contributed by atoms with Crippen LogP contribution in [0.1, 0.15) is 37.7 Å². The van der Waals surface area contributed by atoms with Crippen molar-refractivity contribution in [3.8, 4) is 5.75 Å². The van der Waals surface area contributed by atoms with Gasteiger partial charge >= 0.3 is 0 Å². The van der Waals surface area contributed by atoms with Crippen molar-refractivity contribution in [3.05, 3.63) is 23.8 Å². The fraction of sp³-hybridized carbons (Fsp3) is 0.579. The lowest BCUT2D eigenvalue weighted by Gasteiger charge is -2.22. The maximum Gasteiger partial charge on any atom is 0.224 e. The first kappa shape index (κ1) is 17.7. The second-order valence-corrected chi connectivity index (χ2v) is 6.63. The Morgan fingerprint density at radius 2 is 2.12 bits per heavy atom. The standard InChI is InChI=1S/C19H26N2O4/c1-24-12-10-21(15-5-6-15)19(23)3-2-11-25-16-7-8-17-14(13-16)4-9-18(22)20-17/h7-8,13,15H,2-6,9-12H2,1H3,(H,20,22). The van der Waals surface area contributed by atoms with Gasteiger partial charge in [0.2, 0.25) is 11.8 Å². The number of hydrogen-bond donors (Lipinski definition) is 1. The monoisotopic (exact) mass is 346 g/mol. The Morgan fingerprint density at radius 3 is 2.88 bits per heavy atom. The minimum absolute atomic E-state index is 0.0633. The Morgan fingerprint density at radius 1 is 1.28 bits per heavy atom. The van der Waals surface area contributed by atoms with Crippen molar-refractivity contribution in [2.24, 2.45) is 0 Å². The molecular formula is C19H26N2O4. The van der Waals surface area contributed by atoms with Crippen LogP contribution in [0.4, 0.5) is 5.69 Å². The third-order valence-corrected chi connectivity index (χ3v) is 4.62. The Bertz CT molecular complexity index is 628. The molecule has 0 unspecified atom stereocenters. The van der Waals surface area contributed by atoms with Crippen molar-refractivity contribution in [1.82, 2.24) is 4.90 Å². The van der Waals surface area contributed by atoms with E-state index in [1.165, 1.54) is 0 Å². The first-order valence-corrected chi connectivity index (χ1v) is 9.01. The Kier molecular flexibility index (Phi) is 5.91. The highest BCUT2D eigenvalue weighted by molar-refractivity contribution is 5.94. The normalized spacial score (nSPS) is 16.1. The Labute approximate surface area is 148 Å². The average molecular weight is 346 g/mol. The van der Waals surface area contributed by atoms with Crippen LogP contribution < -0.4 is 10.1 Å².